The average molecular weight is 267 g/mol. The first-order valence-corrected chi connectivity index (χ1v) is 6.80. The van der Waals surface area contributed by atoms with Crippen molar-refractivity contribution in [2.24, 2.45) is 0 Å². The summed E-state index contributed by atoms with van der Waals surface area (Å²) in [5.74, 6) is -0.199. The summed E-state index contributed by atoms with van der Waals surface area (Å²) in [5.41, 5.74) is 2.05. The van der Waals surface area contributed by atoms with Gasteiger partial charge >= 0.3 is 0 Å². The van der Waals surface area contributed by atoms with Crippen LogP contribution in [0.2, 0.25) is 0 Å². The van der Waals surface area contributed by atoms with E-state index >= 15 is 0 Å². The van der Waals surface area contributed by atoms with Crippen molar-refractivity contribution in [3.8, 4) is 0 Å². The molecule has 0 saturated carbocycles. The fourth-order valence-electron chi connectivity index (χ4n) is 2.81. The van der Waals surface area contributed by atoms with E-state index in [1.54, 1.807) is 4.90 Å². The standard InChI is InChI=1S/C17H17NO2/c1-12(13-8-4-2-5-9-13)18-15(16(19)17(18)20)14-10-6-3-7-11-14/h2-12,15-16,19H,1H3/t12-,15+,16-/m0/s1. The maximum absolute atomic E-state index is 12.0. The number of hydrogen-bond donors (Lipinski definition) is 1. The predicted molar refractivity (Wildman–Crippen MR) is 76.9 cm³/mol. The second-order valence-corrected chi connectivity index (χ2v) is 5.13. The van der Waals surface area contributed by atoms with Gasteiger partial charge in [-0.15, -0.1) is 0 Å². The summed E-state index contributed by atoms with van der Waals surface area (Å²) in [4.78, 5) is 13.8. The largest absolute Gasteiger partial charge is 0.381 e. The first kappa shape index (κ1) is 12.9. The summed E-state index contributed by atoms with van der Waals surface area (Å²) >= 11 is 0. The van der Waals surface area contributed by atoms with Crippen LogP contribution in [0.5, 0.6) is 0 Å². The number of aliphatic hydroxyl groups is 1. The van der Waals surface area contributed by atoms with E-state index in [1.165, 1.54) is 0 Å². The Balaban J connectivity index is 1.90. The number of β-lactam (4-membered cyclic amide) rings is 1. The third-order valence-corrected chi connectivity index (χ3v) is 3.95. The normalized spacial score (nSPS) is 23.3. The SMILES string of the molecule is C[C@@H](c1ccccc1)N1C(=O)[C@@H](O)[C@H]1c1ccccc1. The maximum atomic E-state index is 12.0. The molecule has 1 saturated heterocycles. The Morgan fingerprint density at radius 1 is 1.00 bits per heavy atom. The third kappa shape index (κ3) is 2.00. The lowest BCUT2D eigenvalue weighted by Gasteiger charge is -2.48. The van der Waals surface area contributed by atoms with Gasteiger partial charge in [-0.25, -0.2) is 0 Å². The minimum absolute atomic E-state index is 0.0442. The lowest BCUT2D eigenvalue weighted by Crippen LogP contribution is -2.59. The van der Waals surface area contributed by atoms with Crippen molar-refractivity contribution >= 4 is 5.91 Å². The van der Waals surface area contributed by atoms with Crippen LogP contribution in [0, 0.1) is 0 Å². The van der Waals surface area contributed by atoms with Gasteiger partial charge < -0.3 is 10.0 Å². The molecule has 1 heterocycles. The van der Waals surface area contributed by atoms with Crippen molar-refractivity contribution in [3.63, 3.8) is 0 Å². The highest BCUT2D eigenvalue weighted by atomic mass is 16.3. The molecule has 0 aliphatic carbocycles. The second kappa shape index (κ2) is 5.10. The number of carbonyl (C=O) groups is 1. The number of hydrogen-bond acceptors (Lipinski definition) is 2. The van der Waals surface area contributed by atoms with E-state index in [9.17, 15) is 9.90 Å². The van der Waals surface area contributed by atoms with Gasteiger partial charge in [0.1, 0.15) is 0 Å². The lowest BCUT2D eigenvalue weighted by molar-refractivity contribution is -0.172. The van der Waals surface area contributed by atoms with E-state index in [1.807, 2.05) is 67.6 Å². The van der Waals surface area contributed by atoms with E-state index in [2.05, 4.69) is 0 Å². The fraction of sp³-hybridized carbons (Fsp3) is 0.235. The fourth-order valence-corrected chi connectivity index (χ4v) is 2.81. The first-order valence-electron chi connectivity index (χ1n) is 6.80. The van der Waals surface area contributed by atoms with E-state index in [-0.39, 0.29) is 18.0 Å². The minimum atomic E-state index is -0.927. The van der Waals surface area contributed by atoms with Crippen LogP contribution in [0.15, 0.2) is 60.7 Å². The quantitative estimate of drug-likeness (QED) is 0.869. The topological polar surface area (TPSA) is 40.5 Å². The molecule has 1 aliphatic rings. The summed E-state index contributed by atoms with van der Waals surface area (Å²) in [7, 11) is 0. The predicted octanol–water partition coefficient (Wildman–Crippen LogP) is 2.69. The molecule has 3 heteroatoms. The molecule has 0 spiro atoms. The van der Waals surface area contributed by atoms with E-state index in [0.29, 0.717) is 0 Å². The number of likely N-dealkylation sites (tertiary alicyclic amines) is 1. The van der Waals surface area contributed by atoms with Crippen molar-refractivity contribution in [2.45, 2.75) is 25.1 Å². The Labute approximate surface area is 118 Å². The molecule has 20 heavy (non-hydrogen) atoms. The summed E-state index contributed by atoms with van der Waals surface area (Å²) in [6.07, 6.45) is -0.927. The average Bonchev–Trinajstić information content (AvgIpc) is 2.52. The highest BCUT2D eigenvalue weighted by Gasteiger charge is 2.49. The van der Waals surface area contributed by atoms with Crippen LogP contribution in [-0.2, 0) is 4.79 Å². The zero-order valence-corrected chi connectivity index (χ0v) is 11.3. The molecule has 3 nitrogen and oxygen atoms in total. The highest BCUT2D eigenvalue weighted by molar-refractivity contribution is 5.89. The third-order valence-electron chi connectivity index (χ3n) is 3.95. The van der Waals surface area contributed by atoms with Crippen LogP contribution in [0.1, 0.15) is 30.1 Å². The molecular weight excluding hydrogens is 250 g/mol. The second-order valence-electron chi connectivity index (χ2n) is 5.13. The van der Waals surface area contributed by atoms with Crippen LogP contribution < -0.4 is 0 Å². The van der Waals surface area contributed by atoms with Crippen molar-refractivity contribution in [3.05, 3.63) is 71.8 Å². The first-order chi connectivity index (χ1) is 9.70. The van der Waals surface area contributed by atoms with Crippen LogP contribution >= 0.6 is 0 Å². The number of amides is 1. The monoisotopic (exact) mass is 267 g/mol. The maximum Gasteiger partial charge on any atom is 0.255 e. The Morgan fingerprint density at radius 3 is 2.15 bits per heavy atom. The van der Waals surface area contributed by atoms with Crippen LogP contribution in [0.3, 0.4) is 0 Å². The smallest absolute Gasteiger partial charge is 0.255 e. The summed E-state index contributed by atoms with van der Waals surface area (Å²) in [6, 6.07) is 19.3. The highest BCUT2D eigenvalue weighted by Crippen LogP contribution is 2.41. The molecule has 0 radical (unpaired) electrons. The number of benzene rings is 2. The number of aliphatic hydroxyl groups excluding tert-OH is 1. The van der Waals surface area contributed by atoms with Gasteiger partial charge in [0.25, 0.3) is 5.91 Å². The molecule has 2 aromatic rings. The van der Waals surface area contributed by atoms with E-state index in [4.69, 9.17) is 0 Å². The van der Waals surface area contributed by atoms with Gasteiger partial charge in [-0.2, -0.15) is 0 Å². The molecule has 102 valence electrons. The Morgan fingerprint density at radius 2 is 1.55 bits per heavy atom. The van der Waals surface area contributed by atoms with Gasteiger partial charge in [0.2, 0.25) is 0 Å². The van der Waals surface area contributed by atoms with Gasteiger partial charge in [0.15, 0.2) is 6.10 Å². The van der Waals surface area contributed by atoms with Crippen molar-refractivity contribution in [1.29, 1.82) is 0 Å². The molecule has 1 N–H and O–H groups in total. The molecule has 3 rings (SSSR count). The molecule has 1 fully saturated rings. The molecular formula is C17H17NO2. The van der Waals surface area contributed by atoms with Crippen molar-refractivity contribution < 1.29 is 9.90 Å². The minimum Gasteiger partial charge on any atom is -0.381 e. The summed E-state index contributed by atoms with van der Waals surface area (Å²) < 4.78 is 0. The van der Waals surface area contributed by atoms with Gasteiger partial charge in [0, 0.05) is 0 Å². The zero-order chi connectivity index (χ0) is 14.1. The van der Waals surface area contributed by atoms with Gasteiger partial charge in [-0.3, -0.25) is 4.79 Å². The number of rotatable bonds is 3. The van der Waals surface area contributed by atoms with Gasteiger partial charge in [-0.05, 0) is 18.1 Å². The van der Waals surface area contributed by atoms with E-state index in [0.717, 1.165) is 11.1 Å². The Bertz CT molecular complexity index is 597. The van der Waals surface area contributed by atoms with Crippen LogP contribution in [0.25, 0.3) is 0 Å². The van der Waals surface area contributed by atoms with Crippen LogP contribution in [-0.4, -0.2) is 22.0 Å². The number of nitrogens with zero attached hydrogens (tertiary/aromatic N) is 1. The molecule has 1 amide bonds. The van der Waals surface area contributed by atoms with Crippen LogP contribution in [0.4, 0.5) is 0 Å². The molecule has 0 aromatic heterocycles. The van der Waals surface area contributed by atoms with E-state index < -0.39 is 6.10 Å². The Kier molecular flexibility index (Phi) is 3.28. The summed E-state index contributed by atoms with van der Waals surface area (Å²) in [5, 5.41) is 10.0. The molecule has 3 atom stereocenters. The van der Waals surface area contributed by atoms with Crippen molar-refractivity contribution in [2.75, 3.05) is 0 Å². The zero-order valence-electron chi connectivity index (χ0n) is 11.3. The van der Waals surface area contributed by atoms with Gasteiger partial charge in [-0.1, -0.05) is 60.7 Å². The summed E-state index contributed by atoms with van der Waals surface area (Å²) in [6.45, 7) is 2.00. The molecule has 1 aliphatic heterocycles. The lowest BCUT2D eigenvalue weighted by atomic mass is 9.87. The molecule has 0 bridgehead atoms. The van der Waals surface area contributed by atoms with Gasteiger partial charge in [0.05, 0.1) is 12.1 Å². The van der Waals surface area contributed by atoms with Crippen molar-refractivity contribution in [1.82, 2.24) is 4.90 Å². The number of carbonyl (C=O) groups excluding carboxylic acids is 1. The molecule has 0 unspecified atom stereocenters. The Hall–Kier alpha value is -2.13. The molecule has 2 aromatic carbocycles.